The van der Waals surface area contributed by atoms with Crippen LogP contribution in [-0.4, -0.2) is 67.3 Å². The minimum Gasteiger partial charge on any atom is -0.362 e. The summed E-state index contributed by atoms with van der Waals surface area (Å²) >= 11 is 0. The Bertz CT molecular complexity index is 552. The van der Waals surface area contributed by atoms with Crippen LogP contribution in [0.2, 0.25) is 0 Å². The van der Waals surface area contributed by atoms with E-state index in [-0.39, 0.29) is 5.91 Å². The lowest BCUT2D eigenvalue weighted by Crippen LogP contribution is -2.40. The summed E-state index contributed by atoms with van der Waals surface area (Å²) in [7, 11) is 2.02. The average Bonchev–Trinajstić information content (AvgIpc) is 2.83. The summed E-state index contributed by atoms with van der Waals surface area (Å²) in [5.74, 6) is 0.413. The molecule has 2 N–H and O–H groups in total. The monoisotopic (exact) mass is 333 g/mol. The predicted molar refractivity (Wildman–Crippen MR) is 98.8 cm³/mol. The molecule has 0 radical (unpaired) electrons. The molecule has 0 saturated heterocycles. The number of fused-ring (bicyclic) bond motifs is 1. The summed E-state index contributed by atoms with van der Waals surface area (Å²) < 4.78 is 0. The quantitative estimate of drug-likeness (QED) is 0.655. The van der Waals surface area contributed by atoms with Crippen molar-refractivity contribution in [3.8, 4) is 0 Å². The van der Waals surface area contributed by atoms with Crippen LogP contribution in [0.5, 0.6) is 0 Å². The standard InChI is InChI=1S/C18H31N5O/c1-6-19-8-9-20-18(24)12-23(7-2)17-11-16-15(10-13(17)3)14(4)22(5)21-16/h10-11,14-15,19H,6-9,12H2,1-5H3,(H,20,24). The molecule has 0 saturated carbocycles. The Hall–Kier alpha value is -1.82. The molecule has 0 spiro atoms. The van der Waals surface area contributed by atoms with Crippen LogP contribution in [0.4, 0.5) is 0 Å². The van der Waals surface area contributed by atoms with Gasteiger partial charge in [-0.2, -0.15) is 5.10 Å². The first-order valence-electron chi connectivity index (χ1n) is 8.92. The second-order valence-corrected chi connectivity index (χ2v) is 6.46. The maximum absolute atomic E-state index is 12.2. The first-order chi connectivity index (χ1) is 11.5. The van der Waals surface area contributed by atoms with Crippen molar-refractivity contribution in [2.75, 3.05) is 39.8 Å². The van der Waals surface area contributed by atoms with E-state index in [4.69, 9.17) is 0 Å². The number of hydrazone groups is 1. The molecular formula is C18H31N5O. The van der Waals surface area contributed by atoms with Gasteiger partial charge in [-0.3, -0.25) is 9.80 Å². The van der Waals surface area contributed by atoms with Crippen LogP contribution in [-0.2, 0) is 4.79 Å². The lowest BCUT2D eigenvalue weighted by Gasteiger charge is -2.30. The average molecular weight is 333 g/mol. The third-order valence-electron chi connectivity index (χ3n) is 4.77. The molecule has 0 aromatic rings. The third kappa shape index (κ3) is 4.17. The smallest absolute Gasteiger partial charge is 0.239 e. The number of hydrogen-bond donors (Lipinski definition) is 2. The molecule has 24 heavy (non-hydrogen) atoms. The Morgan fingerprint density at radius 1 is 1.38 bits per heavy atom. The maximum atomic E-state index is 12.2. The Kier molecular flexibility index (Phi) is 6.43. The number of allylic oxidation sites excluding steroid dienone is 2. The van der Waals surface area contributed by atoms with Crippen LogP contribution < -0.4 is 10.6 Å². The van der Waals surface area contributed by atoms with Gasteiger partial charge in [-0.1, -0.05) is 13.0 Å². The molecule has 6 nitrogen and oxygen atoms in total. The fourth-order valence-corrected chi connectivity index (χ4v) is 3.18. The minimum atomic E-state index is 0.0597. The van der Waals surface area contributed by atoms with Crippen molar-refractivity contribution >= 4 is 11.6 Å². The molecule has 0 fully saturated rings. The molecule has 1 aliphatic heterocycles. The van der Waals surface area contributed by atoms with Gasteiger partial charge < -0.3 is 15.5 Å². The van der Waals surface area contributed by atoms with Gasteiger partial charge in [0.1, 0.15) is 0 Å². The van der Waals surface area contributed by atoms with E-state index in [0.29, 0.717) is 25.0 Å². The Morgan fingerprint density at radius 3 is 2.79 bits per heavy atom. The van der Waals surface area contributed by atoms with E-state index in [1.54, 1.807) is 0 Å². The van der Waals surface area contributed by atoms with E-state index >= 15 is 0 Å². The van der Waals surface area contributed by atoms with Crippen molar-refractivity contribution in [1.29, 1.82) is 0 Å². The number of nitrogens with zero attached hydrogens (tertiary/aromatic N) is 3. The fraction of sp³-hybridized carbons (Fsp3) is 0.667. The van der Waals surface area contributed by atoms with Crippen LogP contribution in [0.1, 0.15) is 27.7 Å². The molecule has 0 aromatic carbocycles. The number of hydrogen-bond acceptors (Lipinski definition) is 5. The summed E-state index contributed by atoms with van der Waals surface area (Å²) in [6, 6.07) is 0.386. The van der Waals surface area contributed by atoms with E-state index in [1.165, 1.54) is 5.57 Å². The van der Waals surface area contributed by atoms with E-state index < -0.39 is 0 Å². The third-order valence-corrected chi connectivity index (χ3v) is 4.77. The predicted octanol–water partition coefficient (Wildman–Crippen LogP) is 1.18. The zero-order valence-corrected chi connectivity index (χ0v) is 15.6. The van der Waals surface area contributed by atoms with Gasteiger partial charge in [-0.05, 0) is 39.0 Å². The van der Waals surface area contributed by atoms with Crippen LogP contribution in [0, 0.1) is 5.92 Å². The molecular weight excluding hydrogens is 302 g/mol. The Morgan fingerprint density at radius 2 is 2.12 bits per heavy atom. The Balaban J connectivity index is 2.01. The first-order valence-corrected chi connectivity index (χ1v) is 8.92. The Labute approximate surface area is 145 Å². The molecule has 2 rings (SSSR count). The number of likely N-dealkylation sites (N-methyl/N-ethyl adjacent to an activating group) is 2. The molecule has 134 valence electrons. The molecule has 1 aliphatic carbocycles. The summed E-state index contributed by atoms with van der Waals surface area (Å²) in [6.07, 6.45) is 4.43. The first kappa shape index (κ1) is 18.5. The SMILES string of the molecule is CCNCCNC(=O)CN(CC)C1=CC2=NN(C)C(C)C2C=C1C. The van der Waals surface area contributed by atoms with Crippen LogP contribution >= 0.6 is 0 Å². The van der Waals surface area contributed by atoms with Crippen molar-refractivity contribution in [2.45, 2.75) is 33.7 Å². The van der Waals surface area contributed by atoms with Crippen LogP contribution in [0.25, 0.3) is 0 Å². The van der Waals surface area contributed by atoms with E-state index in [1.807, 2.05) is 12.1 Å². The van der Waals surface area contributed by atoms with Crippen LogP contribution in [0.3, 0.4) is 0 Å². The van der Waals surface area contributed by atoms with Gasteiger partial charge in [0.05, 0.1) is 18.3 Å². The normalized spacial score (nSPS) is 22.5. The lowest BCUT2D eigenvalue weighted by molar-refractivity contribution is -0.121. The number of amides is 1. The molecule has 1 heterocycles. The zero-order chi connectivity index (χ0) is 17.7. The highest BCUT2D eigenvalue weighted by molar-refractivity contribution is 6.01. The molecule has 2 aliphatic rings. The molecule has 2 atom stereocenters. The summed E-state index contributed by atoms with van der Waals surface area (Å²) in [4.78, 5) is 14.3. The van der Waals surface area contributed by atoms with Crippen molar-refractivity contribution < 1.29 is 4.79 Å². The minimum absolute atomic E-state index is 0.0597. The van der Waals surface area contributed by atoms with E-state index in [2.05, 4.69) is 60.5 Å². The van der Waals surface area contributed by atoms with Crippen LogP contribution in [0.15, 0.2) is 28.5 Å². The highest BCUT2D eigenvalue weighted by atomic mass is 16.2. The van der Waals surface area contributed by atoms with Gasteiger partial charge in [-0.25, -0.2) is 0 Å². The summed E-state index contributed by atoms with van der Waals surface area (Å²) in [6.45, 7) is 12.0. The summed E-state index contributed by atoms with van der Waals surface area (Å²) in [5.41, 5.74) is 3.43. The zero-order valence-electron chi connectivity index (χ0n) is 15.6. The van der Waals surface area contributed by atoms with E-state index in [0.717, 1.165) is 31.0 Å². The van der Waals surface area contributed by atoms with Gasteiger partial charge in [0.2, 0.25) is 5.91 Å². The highest BCUT2D eigenvalue weighted by Crippen LogP contribution is 2.31. The van der Waals surface area contributed by atoms with Gasteiger partial charge in [0.15, 0.2) is 0 Å². The van der Waals surface area contributed by atoms with Gasteiger partial charge >= 0.3 is 0 Å². The fourth-order valence-electron chi connectivity index (χ4n) is 3.18. The van der Waals surface area contributed by atoms with Gasteiger partial charge in [0, 0.05) is 38.3 Å². The van der Waals surface area contributed by atoms with Crippen molar-refractivity contribution in [3.63, 3.8) is 0 Å². The largest absolute Gasteiger partial charge is 0.362 e. The molecule has 2 unspecified atom stereocenters. The summed E-state index contributed by atoms with van der Waals surface area (Å²) in [5, 5.41) is 12.8. The van der Waals surface area contributed by atoms with Crippen molar-refractivity contribution in [3.05, 3.63) is 23.4 Å². The number of nitrogens with one attached hydrogen (secondary N) is 2. The molecule has 1 amide bonds. The van der Waals surface area contributed by atoms with Crippen molar-refractivity contribution in [2.24, 2.45) is 11.0 Å². The van der Waals surface area contributed by atoms with Crippen molar-refractivity contribution in [1.82, 2.24) is 20.5 Å². The lowest BCUT2D eigenvalue weighted by atomic mass is 9.88. The maximum Gasteiger partial charge on any atom is 0.239 e. The van der Waals surface area contributed by atoms with E-state index in [9.17, 15) is 4.79 Å². The number of carbonyl (C=O) groups excluding carboxylic acids is 1. The second-order valence-electron chi connectivity index (χ2n) is 6.46. The molecule has 0 aromatic heterocycles. The number of carbonyl (C=O) groups is 1. The molecule has 6 heteroatoms. The van der Waals surface area contributed by atoms with Gasteiger partial charge in [-0.15, -0.1) is 0 Å². The second kappa shape index (κ2) is 8.33. The van der Waals surface area contributed by atoms with Gasteiger partial charge in [0.25, 0.3) is 0 Å². The highest BCUT2D eigenvalue weighted by Gasteiger charge is 2.33. The molecule has 0 bridgehead atoms. The number of rotatable bonds is 8. The topological polar surface area (TPSA) is 60.0 Å².